The van der Waals surface area contributed by atoms with Gasteiger partial charge in [-0.15, -0.1) is 11.3 Å². The van der Waals surface area contributed by atoms with Crippen molar-refractivity contribution >= 4 is 22.9 Å². The first-order chi connectivity index (χ1) is 11.7. The molecule has 3 aromatic heterocycles. The molecule has 7 heteroatoms. The van der Waals surface area contributed by atoms with Crippen molar-refractivity contribution in [1.29, 1.82) is 0 Å². The lowest BCUT2D eigenvalue weighted by Gasteiger charge is -2.07. The van der Waals surface area contributed by atoms with Crippen LogP contribution in [-0.2, 0) is 6.54 Å². The number of benzene rings is 1. The third-order valence-electron chi connectivity index (χ3n) is 3.72. The SMILES string of the molecule is Cc1cc(NCc2sc(-c3ccccc3)nc2C)n2ncnc2n1. The number of hydrogen-bond donors (Lipinski definition) is 1. The molecular weight excluding hydrogens is 320 g/mol. The molecule has 120 valence electrons. The molecule has 0 aliphatic heterocycles. The molecule has 4 rings (SSSR count). The molecule has 4 aromatic rings. The van der Waals surface area contributed by atoms with Gasteiger partial charge in [-0.05, 0) is 13.8 Å². The van der Waals surface area contributed by atoms with E-state index < -0.39 is 0 Å². The average molecular weight is 336 g/mol. The maximum absolute atomic E-state index is 4.69. The van der Waals surface area contributed by atoms with E-state index in [1.54, 1.807) is 15.9 Å². The molecule has 0 saturated heterocycles. The summed E-state index contributed by atoms with van der Waals surface area (Å²) in [5.74, 6) is 1.48. The Bertz CT molecular complexity index is 989. The first kappa shape index (κ1) is 14.8. The van der Waals surface area contributed by atoms with Crippen LogP contribution in [-0.4, -0.2) is 24.6 Å². The van der Waals surface area contributed by atoms with Crippen molar-refractivity contribution in [3.63, 3.8) is 0 Å². The summed E-state index contributed by atoms with van der Waals surface area (Å²) in [6.45, 7) is 4.68. The molecule has 0 atom stereocenters. The summed E-state index contributed by atoms with van der Waals surface area (Å²) in [7, 11) is 0. The zero-order chi connectivity index (χ0) is 16.5. The molecule has 0 amide bonds. The Morgan fingerprint density at radius 1 is 1.12 bits per heavy atom. The van der Waals surface area contributed by atoms with Crippen LogP contribution in [0.2, 0.25) is 0 Å². The van der Waals surface area contributed by atoms with Gasteiger partial charge in [-0.1, -0.05) is 30.3 Å². The highest BCUT2D eigenvalue weighted by molar-refractivity contribution is 7.15. The number of rotatable bonds is 4. The molecular formula is C17H16N6S. The van der Waals surface area contributed by atoms with Crippen LogP contribution in [0.5, 0.6) is 0 Å². The lowest BCUT2D eigenvalue weighted by atomic mass is 10.2. The van der Waals surface area contributed by atoms with Crippen LogP contribution in [0.15, 0.2) is 42.7 Å². The molecule has 0 aliphatic rings. The van der Waals surface area contributed by atoms with Gasteiger partial charge >= 0.3 is 0 Å². The lowest BCUT2D eigenvalue weighted by Crippen LogP contribution is -2.06. The predicted molar refractivity (Wildman–Crippen MR) is 95.1 cm³/mol. The Kier molecular flexibility index (Phi) is 3.70. The minimum absolute atomic E-state index is 0.600. The van der Waals surface area contributed by atoms with Crippen LogP contribution in [0.4, 0.5) is 5.82 Å². The Morgan fingerprint density at radius 2 is 1.96 bits per heavy atom. The van der Waals surface area contributed by atoms with Crippen molar-refractivity contribution in [3.05, 3.63) is 59.0 Å². The second-order valence-electron chi connectivity index (χ2n) is 5.50. The Morgan fingerprint density at radius 3 is 2.79 bits per heavy atom. The molecule has 0 saturated carbocycles. The second-order valence-corrected chi connectivity index (χ2v) is 6.59. The normalized spacial score (nSPS) is 11.1. The van der Waals surface area contributed by atoms with Crippen molar-refractivity contribution in [1.82, 2.24) is 24.6 Å². The van der Waals surface area contributed by atoms with Crippen molar-refractivity contribution in [2.75, 3.05) is 5.32 Å². The van der Waals surface area contributed by atoms with Gasteiger partial charge in [0.2, 0.25) is 0 Å². The summed E-state index contributed by atoms with van der Waals surface area (Å²) < 4.78 is 1.71. The fraction of sp³-hybridized carbons (Fsp3) is 0.176. The van der Waals surface area contributed by atoms with Gasteiger partial charge in [-0.2, -0.15) is 14.6 Å². The molecule has 3 heterocycles. The van der Waals surface area contributed by atoms with Gasteiger partial charge in [-0.25, -0.2) is 9.97 Å². The van der Waals surface area contributed by atoms with E-state index in [0.29, 0.717) is 12.3 Å². The van der Waals surface area contributed by atoms with E-state index in [-0.39, 0.29) is 0 Å². The number of nitrogens with one attached hydrogen (secondary N) is 1. The van der Waals surface area contributed by atoms with E-state index in [0.717, 1.165) is 27.8 Å². The molecule has 0 fully saturated rings. The molecule has 6 nitrogen and oxygen atoms in total. The summed E-state index contributed by atoms with van der Waals surface area (Å²) >= 11 is 1.71. The first-order valence-electron chi connectivity index (χ1n) is 7.64. The monoisotopic (exact) mass is 336 g/mol. The molecule has 0 radical (unpaired) electrons. The summed E-state index contributed by atoms with van der Waals surface area (Å²) in [6.07, 6.45) is 1.51. The largest absolute Gasteiger partial charge is 0.365 e. The van der Waals surface area contributed by atoms with Crippen LogP contribution in [0.1, 0.15) is 16.3 Å². The number of hydrogen-bond acceptors (Lipinski definition) is 6. The van der Waals surface area contributed by atoms with E-state index in [2.05, 4.69) is 32.5 Å². The van der Waals surface area contributed by atoms with E-state index in [9.17, 15) is 0 Å². The van der Waals surface area contributed by atoms with Gasteiger partial charge in [0, 0.05) is 22.2 Å². The molecule has 24 heavy (non-hydrogen) atoms. The minimum Gasteiger partial charge on any atom is -0.365 e. The fourth-order valence-electron chi connectivity index (χ4n) is 2.52. The van der Waals surface area contributed by atoms with E-state index in [1.165, 1.54) is 11.2 Å². The fourth-order valence-corrected chi connectivity index (χ4v) is 3.53. The molecule has 0 aliphatic carbocycles. The smallest absolute Gasteiger partial charge is 0.254 e. The van der Waals surface area contributed by atoms with Gasteiger partial charge in [0.15, 0.2) is 0 Å². The number of anilines is 1. The highest BCUT2D eigenvalue weighted by Gasteiger charge is 2.11. The molecule has 0 bridgehead atoms. The van der Waals surface area contributed by atoms with Gasteiger partial charge in [0.05, 0.1) is 12.2 Å². The van der Waals surface area contributed by atoms with Crippen LogP contribution >= 0.6 is 11.3 Å². The van der Waals surface area contributed by atoms with Crippen LogP contribution in [0.25, 0.3) is 16.3 Å². The van der Waals surface area contributed by atoms with Gasteiger partial charge in [0.25, 0.3) is 5.78 Å². The minimum atomic E-state index is 0.600. The van der Waals surface area contributed by atoms with Crippen molar-refractivity contribution in [2.24, 2.45) is 0 Å². The summed E-state index contributed by atoms with van der Waals surface area (Å²) in [5, 5.41) is 8.69. The van der Waals surface area contributed by atoms with E-state index in [1.807, 2.05) is 38.1 Å². The van der Waals surface area contributed by atoms with Gasteiger partial charge in [0.1, 0.15) is 17.2 Å². The highest BCUT2D eigenvalue weighted by Crippen LogP contribution is 2.28. The summed E-state index contributed by atoms with van der Waals surface area (Å²) in [4.78, 5) is 14.4. The quantitative estimate of drug-likeness (QED) is 0.618. The molecule has 1 N–H and O–H groups in total. The summed E-state index contributed by atoms with van der Waals surface area (Å²) in [5.41, 5.74) is 3.10. The standard InChI is InChI=1S/C17H16N6S/c1-11-8-15(23-17(21-11)19-10-20-23)18-9-14-12(2)22-16(24-14)13-6-4-3-5-7-13/h3-8,10,18H,9H2,1-2H3. The number of nitrogens with zero attached hydrogens (tertiary/aromatic N) is 5. The zero-order valence-corrected chi connectivity index (χ0v) is 14.2. The maximum Gasteiger partial charge on any atom is 0.254 e. The van der Waals surface area contributed by atoms with Crippen molar-refractivity contribution < 1.29 is 0 Å². The lowest BCUT2D eigenvalue weighted by molar-refractivity contribution is 0.917. The van der Waals surface area contributed by atoms with E-state index >= 15 is 0 Å². The number of thiazole rings is 1. The van der Waals surface area contributed by atoms with Crippen molar-refractivity contribution in [2.45, 2.75) is 20.4 Å². The third kappa shape index (κ3) is 2.74. The Balaban J connectivity index is 1.60. The number of fused-ring (bicyclic) bond motifs is 1. The topological polar surface area (TPSA) is 68.0 Å². The van der Waals surface area contributed by atoms with Crippen LogP contribution in [0.3, 0.4) is 0 Å². The predicted octanol–water partition coefficient (Wildman–Crippen LogP) is 3.48. The third-order valence-corrected chi connectivity index (χ3v) is 4.93. The van der Waals surface area contributed by atoms with Crippen LogP contribution in [0, 0.1) is 13.8 Å². The maximum atomic E-state index is 4.69. The van der Waals surface area contributed by atoms with Crippen molar-refractivity contribution in [3.8, 4) is 10.6 Å². The molecule has 0 spiro atoms. The zero-order valence-electron chi connectivity index (χ0n) is 13.4. The Labute approximate surface area is 143 Å². The molecule has 1 aromatic carbocycles. The van der Waals surface area contributed by atoms with E-state index in [4.69, 9.17) is 4.98 Å². The Hall–Kier alpha value is -2.80. The van der Waals surface area contributed by atoms with Crippen LogP contribution < -0.4 is 5.32 Å². The molecule has 0 unspecified atom stereocenters. The first-order valence-corrected chi connectivity index (χ1v) is 8.45. The number of aromatic nitrogens is 5. The average Bonchev–Trinajstić information content (AvgIpc) is 3.20. The van der Waals surface area contributed by atoms with Gasteiger partial charge in [-0.3, -0.25) is 0 Å². The number of aryl methyl sites for hydroxylation is 2. The highest BCUT2D eigenvalue weighted by atomic mass is 32.1. The second kappa shape index (κ2) is 6.01. The van der Waals surface area contributed by atoms with Gasteiger partial charge < -0.3 is 5.32 Å². The summed E-state index contributed by atoms with van der Waals surface area (Å²) in [6, 6.07) is 12.2.